The number of hydrogen-bond acceptors (Lipinski definition) is 6. The van der Waals surface area contributed by atoms with Gasteiger partial charge in [-0.25, -0.2) is 4.39 Å². The lowest BCUT2D eigenvalue weighted by atomic mass is 10.1. The Balaban J connectivity index is 1.23. The summed E-state index contributed by atoms with van der Waals surface area (Å²) in [6.45, 7) is 0. The number of ether oxygens (including phenoxy) is 2. The van der Waals surface area contributed by atoms with Crippen molar-refractivity contribution in [2.45, 2.75) is 23.0 Å². The number of carbonyl (C=O) groups is 1. The lowest BCUT2D eigenvalue weighted by Crippen LogP contribution is -2.35. The summed E-state index contributed by atoms with van der Waals surface area (Å²) in [4.78, 5) is 17.6. The number of halogens is 1. The van der Waals surface area contributed by atoms with Gasteiger partial charge in [-0.2, -0.15) is 0 Å². The Bertz CT molecular complexity index is 1480. The molecule has 1 amide bonds. The molecular weight excluding hydrogens is 521 g/mol. The molecular formula is C29H24FN3O3S2. The first-order chi connectivity index (χ1) is 18.5. The topological polar surface area (TPSA) is 72.5 Å². The molecule has 1 unspecified atom stereocenters. The second kappa shape index (κ2) is 11.6. The van der Waals surface area contributed by atoms with Crippen LogP contribution in [-0.4, -0.2) is 23.1 Å². The maximum atomic E-state index is 15.0. The molecule has 1 aliphatic rings. The number of nitrogens with one attached hydrogen (secondary N) is 2. The fourth-order valence-corrected chi connectivity index (χ4v) is 5.76. The Hall–Kier alpha value is -3.95. The van der Waals surface area contributed by atoms with Gasteiger partial charge < -0.3 is 20.1 Å². The first-order valence-electron chi connectivity index (χ1n) is 11.9. The highest BCUT2D eigenvalue weighted by Crippen LogP contribution is 2.52. The number of nitrogens with zero attached hydrogens (tertiary/aromatic N) is 1. The summed E-state index contributed by atoms with van der Waals surface area (Å²) in [7, 11) is 1.66. The molecule has 2 N–H and O–H groups in total. The molecule has 0 aliphatic carbocycles. The summed E-state index contributed by atoms with van der Waals surface area (Å²) in [5, 5.41) is 5.66. The van der Waals surface area contributed by atoms with E-state index in [-0.39, 0.29) is 28.4 Å². The number of thiocarbonyl (C=S) groups is 1. The number of anilines is 1. The van der Waals surface area contributed by atoms with Crippen molar-refractivity contribution >= 4 is 40.7 Å². The SMILES string of the molecule is COc1ccccc1C1Cc2nccc(Oc3ccc(NC(=S)NC(=O)Cc4ccccc4)cc3F)c2S1. The van der Waals surface area contributed by atoms with Crippen molar-refractivity contribution in [1.29, 1.82) is 0 Å². The smallest absolute Gasteiger partial charge is 0.230 e. The zero-order chi connectivity index (χ0) is 26.5. The highest BCUT2D eigenvalue weighted by molar-refractivity contribution is 8.00. The van der Waals surface area contributed by atoms with Crippen LogP contribution in [0.25, 0.3) is 0 Å². The standard InChI is InChI=1S/C29H24FN3O3S2/c1-35-23-10-6-5-9-20(23)26-17-22-28(38-26)25(13-14-31-22)36-24-12-11-19(16-21(24)30)32-29(37)33-27(34)15-18-7-3-2-4-8-18/h2-14,16,26H,15,17H2,1H3,(H2,32,33,34,37). The molecule has 0 saturated heterocycles. The molecule has 0 fully saturated rings. The van der Waals surface area contributed by atoms with Crippen LogP contribution in [-0.2, 0) is 17.6 Å². The van der Waals surface area contributed by atoms with Gasteiger partial charge in [0.1, 0.15) is 11.5 Å². The number of rotatable bonds is 7. The average Bonchev–Trinajstić information content (AvgIpc) is 3.36. The molecule has 38 heavy (non-hydrogen) atoms. The number of aromatic nitrogens is 1. The molecule has 3 aromatic carbocycles. The van der Waals surface area contributed by atoms with Crippen LogP contribution in [0.2, 0.25) is 0 Å². The minimum atomic E-state index is -0.566. The predicted octanol–water partition coefficient (Wildman–Crippen LogP) is 6.47. The van der Waals surface area contributed by atoms with E-state index in [0.29, 0.717) is 11.4 Å². The summed E-state index contributed by atoms with van der Waals surface area (Å²) >= 11 is 6.85. The maximum Gasteiger partial charge on any atom is 0.230 e. The van der Waals surface area contributed by atoms with E-state index >= 15 is 0 Å². The first-order valence-corrected chi connectivity index (χ1v) is 13.2. The van der Waals surface area contributed by atoms with Crippen LogP contribution in [0.5, 0.6) is 17.2 Å². The van der Waals surface area contributed by atoms with E-state index in [1.807, 2.05) is 54.6 Å². The van der Waals surface area contributed by atoms with Gasteiger partial charge in [-0.05, 0) is 36.0 Å². The fourth-order valence-electron chi connectivity index (χ4n) is 4.18. The lowest BCUT2D eigenvalue weighted by molar-refractivity contribution is -0.119. The number of thioether (sulfide) groups is 1. The van der Waals surface area contributed by atoms with Gasteiger partial charge in [0.25, 0.3) is 0 Å². The largest absolute Gasteiger partial charge is 0.496 e. The summed E-state index contributed by atoms with van der Waals surface area (Å²) in [6, 6.07) is 23.4. The average molecular weight is 546 g/mol. The van der Waals surface area contributed by atoms with Crippen molar-refractivity contribution in [1.82, 2.24) is 10.3 Å². The van der Waals surface area contributed by atoms with E-state index in [9.17, 15) is 9.18 Å². The summed E-state index contributed by atoms with van der Waals surface area (Å²) in [5.74, 6) is 0.612. The molecule has 9 heteroatoms. The third-order valence-electron chi connectivity index (χ3n) is 5.94. The predicted molar refractivity (Wildman–Crippen MR) is 151 cm³/mol. The third kappa shape index (κ3) is 5.95. The van der Waals surface area contributed by atoms with Gasteiger partial charge >= 0.3 is 0 Å². The maximum absolute atomic E-state index is 15.0. The van der Waals surface area contributed by atoms with Crippen molar-refractivity contribution in [3.8, 4) is 17.2 Å². The number of para-hydroxylation sites is 1. The Morgan fingerprint density at radius 3 is 2.63 bits per heavy atom. The van der Waals surface area contributed by atoms with Crippen molar-refractivity contribution < 1.29 is 18.7 Å². The van der Waals surface area contributed by atoms with Crippen molar-refractivity contribution in [2.24, 2.45) is 0 Å². The first kappa shape index (κ1) is 25.7. The van der Waals surface area contributed by atoms with Gasteiger partial charge in [0.2, 0.25) is 5.91 Å². The van der Waals surface area contributed by atoms with Gasteiger partial charge in [-0.3, -0.25) is 9.78 Å². The van der Waals surface area contributed by atoms with Gasteiger partial charge in [-0.15, -0.1) is 11.8 Å². The van der Waals surface area contributed by atoms with E-state index in [4.69, 9.17) is 21.7 Å². The Kier molecular flexibility index (Phi) is 7.86. The van der Waals surface area contributed by atoms with Gasteiger partial charge in [0, 0.05) is 41.3 Å². The highest BCUT2D eigenvalue weighted by Gasteiger charge is 2.30. The zero-order valence-electron chi connectivity index (χ0n) is 20.4. The van der Waals surface area contributed by atoms with Crippen LogP contribution in [0, 0.1) is 5.82 Å². The summed E-state index contributed by atoms with van der Waals surface area (Å²) in [6.07, 6.45) is 2.58. The molecule has 0 saturated carbocycles. The van der Waals surface area contributed by atoms with Gasteiger partial charge in [0.15, 0.2) is 16.7 Å². The number of benzene rings is 3. The molecule has 1 aromatic heterocycles. The number of amides is 1. The molecule has 2 heterocycles. The van der Waals surface area contributed by atoms with E-state index < -0.39 is 5.82 Å². The highest BCUT2D eigenvalue weighted by atomic mass is 32.2. The van der Waals surface area contributed by atoms with Crippen molar-refractivity contribution in [3.05, 3.63) is 108 Å². The Morgan fingerprint density at radius 1 is 1.05 bits per heavy atom. The van der Waals surface area contributed by atoms with E-state index in [1.165, 1.54) is 12.1 Å². The minimum Gasteiger partial charge on any atom is -0.496 e. The van der Waals surface area contributed by atoms with Crippen LogP contribution < -0.4 is 20.1 Å². The van der Waals surface area contributed by atoms with Crippen molar-refractivity contribution in [3.63, 3.8) is 0 Å². The van der Waals surface area contributed by atoms with Crippen LogP contribution in [0.15, 0.2) is 90.0 Å². The number of methoxy groups -OCH3 is 1. The Morgan fingerprint density at radius 2 is 1.84 bits per heavy atom. The quantitative estimate of drug-likeness (QED) is 0.258. The van der Waals surface area contributed by atoms with Gasteiger partial charge in [0.05, 0.1) is 24.1 Å². The normalized spacial score (nSPS) is 13.9. The molecule has 0 radical (unpaired) electrons. The van der Waals surface area contributed by atoms with Crippen LogP contribution in [0.3, 0.4) is 0 Å². The lowest BCUT2D eigenvalue weighted by Gasteiger charge is -2.14. The molecule has 1 atom stereocenters. The van der Waals surface area contributed by atoms with Crippen LogP contribution in [0.4, 0.5) is 10.1 Å². The van der Waals surface area contributed by atoms with Crippen LogP contribution >= 0.6 is 24.0 Å². The van der Waals surface area contributed by atoms with E-state index in [0.717, 1.165) is 33.9 Å². The van der Waals surface area contributed by atoms with Crippen molar-refractivity contribution in [2.75, 3.05) is 12.4 Å². The van der Waals surface area contributed by atoms with Crippen LogP contribution in [0.1, 0.15) is 22.1 Å². The molecule has 6 nitrogen and oxygen atoms in total. The monoisotopic (exact) mass is 545 g/mol. The molecule has 1 aliphatic heterocycles. The fraction of sp³-hybridized carbons (Fsp3) is 0.138. The molecule has 0 bridgehead atoms. The summed E-state index contributed by atoms with van der Waals surface area (Å²) in [5.41, 5.74) is 3.25. The number of pyridine rings is 1. The molecule has 5 rings (SSSR count). The number of hydrogen-bond donors (Lipinski definition) is 2. The van der Waals surface area contributed by atoms with E-state index in [1.54, 1.807) is 37.2 Å². The van der Waals surface area contributed by atoms with E-state index in [2.05, 4.69) is 15.6 Å². The number of carbonyl (C=O) groups excluding carboxylic acids is 1. The molecule has 0 spiro atoms. The third-order valence-corrected chi connectivity index (χ3v) is 7.52. The van der Waals surface area contributed by atoms with Gasteiger partial charge in [-0.1, -0.05) is 48.5 Å². The molecule has 192 valence electrons. The second-order valence-electron chi connectivity index (χ2n) is 8.55. The zero-order valence-corrected chi connectivity index (χ0v) is 22.1. The minimum absolute atomic E-state index is 0.0734. The molecule has 4 aromatic rings. The Labute approximate surface area is 229 Å². The number of fused-ring (bicyclic) bond motifs is 1. The summed E-state index contributed by atoms with van der Waals surface area (Å²) < 4.78 is 26.5. The second-order valence-corrected chi connectivity index (χ2v) is 10.2.